The Bertz CT molecular complexity index is 619. The van der Waals surface area contributed by atoms with Gasteiger partial charge in [-0.05, 0) is 6.92 Å². The monoisotopic (exact) mass is 360 g/mol. The molecular weight excluding hydrogens is 340 g/mol. The van der Waals surface area contributed by atoms with Crippen LogP contribution in [0.4, 0.5) is 4.79 Å². The van der Waals surface area contributed by atoms with E-state index in [9.17, 15) is 24.6 Å². The number of nitrogens with one attached hydrogen (secondary N) is 2. The van der Waals surface area contributed by atoms with Gasteiger partial charge >= 0.3 is 12.0 Å². The molecule has 25 heavy (non-hydrogen) atoms. The lowest BCUT2D eigenvalue weighted by Gasteiger charge is -2.19. The van der Waals surface area contributed by atoms with Crippen molar-refractivity contribution < 1.29 is 34.1 Å². The number of aromatic nitrogens is 2. The number of aliphatic hydroxyl groups excluding tert-OH is 2. The Balaban J connectivity index is 2.76. The number of aliphatic carboxylic acids is 1. The number of carboxylic acids is 1. The van der Waals surface area contributed by atoms with Gasteiger partial charge in [0.2, 0.25) is 17.7 Å². The van der Waals surface area contributed by atoms with Gasteiger partial charge < -0.3 is 41.8 Å². The maximum Gasteiger partial charge on any atom is 0.328 e. The highest BCUT2D eigenvalue weighted by Gasteiger charge is 2.28. The van der Waals surface area contributed by atoms with Crippen LogP contribution in [0.25, 0.3) is 0 Å². The summed E-state index contributed by atoms with van der Waals surface area (Å²) in [6, 6.07) is -4.65. The summed E-state index contributed by atoms with van der Waals surface area (Å²) >= 11 is 0. The summed E-state index contributed by atoms with van der Waals surface area (Å²) in [6.45, 7) is 0.541. The van der Waals surface area contributed by atoms with Crippen molar-refractivity contribution in [3.8, 4) is 0 Å². The van der Waals surface area contributed by atoms with Crippen LogP contribution in [0.3, 0.4) is 0 Å². The maximum absolute atomic E-state index is 11.8. The molecule has 9 N–H and O–H groups in total. The number of hydrogen-bond acceptors (Lipinski definition) is 9. The average Bonchev–Trinajstić information content (AvgIpc) is 2.98. The SMILES string of the molecule is CC(O)[C@H](NC(=O)N[C@@H](CO)c1nnc([C@@H](N)CC(N)=O)o1)C(=O)O. The van der Waals surface area contributed by atoms with Crippen molar-refractivity contribution in [2.75, 3.05) is 6.61 Å². The van der Waals surface area contributed by atoms with Crippen LogP contribution in [0.15, 0.2) is 4.42 Å². The van der Waals surface area contributed by atoms with Gasteiger partial charge in [0.25, 0.3) is 0 Å². The van der Waals surface area contributed by atoms with Gasteiger partial charge in [-0.25, -0.2) is 9.59 Å². The molecule has 0 aliphatic carbocycles. The summed E-state index contributed by atoms with van der Waals surface area (Å²) < 4.78 is 5.18. The molecule has 13 heteroatoms. The second-order valence-corrected chi connectivity index (χ2v) is 5.16. The molecule has 0 fully saturated rings. The van der Waals surface area contributed by atoms with Gasteiger partial charge in [0.1, 0.15) is 6.04 Å². The molecule has 1 heterocycles. The van der Waals surface area contributed by atoms with Crippen LogP contribution in [-0.4, -0.2) is 62.2 Å². The predicted molar refractivity (Wildman–Crippen MR) is 79.6 cm³/mol. The van der Waals surface area contributed by atoms with E-state index in [2.05, 4.69) is 15.5 Å². The fraction of sp³-hybridized carbons (Fsp3) is 0.583. The maximum atomic E-state index is 11.8. The summed E-state index contributed by atoms with van der Waals surface area (Å²) in [5.74, 6) is -2.46. The van der Waals surface area contributed by atoms with Crippen LogP contribution in [0.1, 0.15) is 37.2 Å². The number of nitrogens with two attached hydrogens (primary N) is 2. The predicted octanol–water partition coefficient (Wildman–Crippen LogP) is -2.89. The topological polar surface area (TPSA) is 227 Å². The van der Waals surface area contributed by atoms with E-state index < -0.39 is 48.7 Å². The molecule has 1 unspecified atom stereocenters. The molecule has 1 aromatic heterocycles. The number of carbonyl (C=O) groups excluding carboxylic acids is 2. The third kappa shape index (κ3) is 5.98. The molecule has 0 saturated heterocycles. The zero-order valence-electron chi connectivity index (χ0n) is 13.2. The van der Waals surface area contributed by atoms with Crippen molar-refractivity contribution in [2.45, 2.75) is 37.6 Å². The van der Waals surface area contributed by atoms with Crippen molar-refractivity contribution in [2.24, 2.45) is 11.5 Å². The third-order valence-electron chi connectivity index (χ3n) is 3.02. The Morgan fingerprint density at radius 2 is 1.84 bits per heavy atom. The van der Waals surface area contributed by atoms with Crippen molar-refractivity contribution in [3.05, 3.63) is 11.8 Å². The number of amides is 3. The molecule has 140 valence electrons. The highest BCUT2D eigenvalue weighted by molar-refractivity contribution is 5.83. The quantitative estimate of drug-likeness (QED) is 0.238. The van der Waals surface area contributed by atoms with E-state index in [0.29, 0.717) is 0 Å². The lowest BCUT2D eigenvalue weighted by Crippen LogP contribution is -2.52. The first-order valence-electron chi connectivity index (χ1n) is 7.11. The summed E-state index contributed by atoms with van der Waals surface area (Å²) in [4.78, 5) is 33.5. The lowest BCUT2D eigenvalue weighted by molar-refractivity contribution is -0.141. The third-order valence-corrected chi connectivity index (χ3v) is 3.02. The number of urea groups is 1. The Hall–Kier alpha value is -2.77. The molecule has 3 amide bonds. The molecule has 1 rings (SSSR count). The highest BCUT2D eigenvalue weighted by Crippen LogP contribution is 2.16. The summed E-state index contributed by atoms with van der Waals surface area (Å²) in [6.07, 6.45) is -1.59. The summed E-state index contributed by atoms with van der Waals surface area (Å²) in [5.41, 5.74) is 10.6. The molecule has 13 nitrogen and oxygen atoms in total. The van der Waals surface area contributed by atoms with Crippen molar-refractivity contribution in [1.82, 2.24) is 20.8 Å². The number of carboxylic acid groups (broad SMARTS) is 1. The summed E-state index contributed by atoms with van der Waals surface area (Å²) in [7, 11) is 0. The van der Waals surface area contributed by atoms with E-state index in [-0.39, 0.29) is 18.2 Å². The fourth-order valence-corrected chi connectivity index (χ4v) is 1.76. The van der Waals surface area contributed by atoms with Crippen molar-refractivity contribution in [3.63, 3.8) is 0 Å². The molecule has 0 bridgehead atoms. The lowest BCUT2D eigenvalue weighted by atomic mass is 10.2. The second kappa shape index (κ2) is 8.91. The molecule has 0 spiro atoms. The molecule has 0 aliphatic rings. The Kier molecular flexibility index (Phi) is 7.22. The molecule has 1 aromatic rings. The Morgan fingerprint density at radius 1 is 1.24 bits per heavy atom. The molecule has 0 radical (unpaired) electrons. The molecule has 0 aliphatic heterocycles. The van der Waals surface area contributed by atoms with Gasteiger partial charge in [-0.3, -0.25) is 4.79 Å². The van der Waals surface area contributed by atoms with E-state index >= 15 is 0 Å². The van der Waals surface area contributed by atoms with E-state index in [1.807, 2.05) is 5.32 Å². The van der Waals surface area contributed by atoms with E-state index in [1.54, 1.807) is 0 Å². The van der Waals surface area contributed by atoms with Crippen molar-refractivity contribution in [1.29, 1.82) is 0 Å². The van der Waals surface area contributed by atoms with Crippen LogP contribution in [-0.2, 0) is 9.59 Å². The number of nitrogens with zero attached hydrogens (tertiary/aromatic N) is 2. The fourth-order valence-electron chi connectivity index (χ4n) is 1.76. The number of rotatable bonds is 9. The number of primary amides is 1. The molecule has 4 atom stereocenters. The standard InChI is InChI=1S/C12H20N6O7/c1-4(20)8(11(22)23)16-12(24)15-6(3-19)10-18-17-9(25-10)5(13)2-7(14)21/h4-6,8,19-20H,2-3,13H2,1H3,(H2,14,21)(H,22,23)(H2,15,16,24)/t4?,5-,6-,8-/m0/s1. The van der Waals surface area contributed by atoms with Gasteiger partial charge in [0, 0.05) is 0 Å². The first-order chi connectivity index (χ1) is 11.6. The van der Waals surface area contributed by atoms with Crippen LogP contribution >= 0.6 is 0 Å². The number of aliphatic hydroxyl groups is 2. The minimum atomic E-state index is -1.55. The van der Waals surface area contributed by atoms with Gasteiger partial charge in [0.05, 0.1) is 25.2 Å². The normalized spacial score (nSPS) is 15.7. The van der Waals surface area contributed by atoms with E-state index in [0.717, 1.165) is 0 Å². The first-order valence-corrected chi connectivity index (χ1v) is 7.11. The van der Waals surface area contributed by atoms with Crippen LogP contribution in [0, 0.1) is 0 Å². The van der Waals surface area contributed by atoms with Crippen LogP contribution < -0.4 is 22.1 Å². The zero-order chi connectivity index (χ0) is 19.1. The molecule has 0 aromatic carbocycles. The van der Waals surface area contributed by atoms with Crippen molar-refractivity contribution >= 4 is 17.9 Å². The largest absolute Gasteiger partial charge is 0.480 e. The van der Waals surface area contributed by atoms with E-state index in [4.69, 9.17) is 21.0 Å². The van der Waals surface area contributed by atoms with Crippen LogP contribution in [0.2, 0.25) is 0 Å². The number of carbonyl (C=O) groups is 3. The molecule has 0 saturated carbocycles. The first kappa shape index (κ1) is 20.3. The summed E-state index contributed by atoms with van der Waals surface area (Å²) in [5, 5.41) is 39.0. The van der Waals surface area contributed by atoms with Gasteiger partial charge in [-0.1, -0.05) is 0 Å². The zero-order valence-corrected chi connectivity index (χ0v) is 13.2. The van der Waals surface area contributed by atoms with Gasteiger partial charge in [-0.2, -0.15) is 0 Å². The average molecular weight is 360 g/mol. The molecular formula is C12H20N6O7. The minimum absolute atomic E-state index is 0.123. The second-order valence-electron chi connectivity index (χ2n) is 5.16. The van der Waals surface area contributed by atoms with Gasteiger partial charge in [0.15, 0.2) is 6.04 Å². The van der Waals surface area contributed by atoms with Crippen LogP contribution in [0.5, 0.6) is 0 Å². The number of hydrogen-bond donors (Lipinski definition) is 7. The Labute approximate surface area is 141 Å². The van der Waals surface area contributed by atoms with Gasteiger partial charge in [-0.15, -0.1) is 10.2 Å². The highest BCUT2D eigenvalue weighted by atomic mass is 16.4. The smallest absolute Gasteiger partial charge is 0.328 e. The Morgan fingerprint density at radius 3 is 2.32 bits per heavy atom. The van der Waals surface area contributed by atoms with E-state index in [1.165, 1.54) is 6.92 Å². The minimum Gasteiger partial charge on any atom is -0.480 e.